The number of ether oxygens (including phenoxy) is 1. The fourth-order valence-corrected chi connectivity index (χ4v) is 3.75. The van der Waals surface area contributed by atoms with Crippen molar-refractivity contribution in [3.8, 4) is 5.75 Å². The Kier molecular flexibility index (Phi) is 7.46. The lowest BCUT2D eigenvalue weighted by Crippen LogP contribution is -2.47. The van der Waals surface area contributed by atoms with Crippen LogP contribution in [0.3, 0.4) is 0 Å². The summed E-state index contributed by atoms with van der Waals surface area (Å²) in [6.45, 7) is 3.03. The van der Waals surface area contributed by atoms with Crippen LogP contribution in [0.1, 0.15) is 28.6 Å². The number of hydrazine groups is 1. The second kappa shape index (κ2) is 10.3. The van der Waals surface area contributed by atoms with Crippen molar-refractivity contribution in [3.63, 3.8) is 0 Å². The van der Waals surface area contributed by atoms with E-state index >= 15 is 0 Å². The Morgan fingerprint density at radius 3 is 2.48 bits per heavy atom. The summed E-state index contributed by atoms with van der Waals surface area (Å²) >= 11 is 0. The maximum atomic E-state index is 13.0. The molecule has 0 aliphatic rings. The lowest BCUT2D eigenvalue weighted by Gasteiger charge is -2.16. The second-order valence-electron chi connectivity index (χ2n) is 7.04. The normalized spacial score (nSPS) is 12.1. The molecule has 0 radical (unpaired) electrons. The molecule has 2 aromatic carbocycles. The molecule has 0 spiro atoms. The summed E-state index contributed by atoms with van der Waals surface area (Å²) in [6, 6.07) is 12.4. The van der Waals surface area contributed by atoms with Crippen molar-refractivity contribution in [2.75, 3.05) is 0 Å². The molecule has 1 heterocycles. The van der Waals surface area contributed by atoms with Gasteiger partial charge in [-0.2, -0.15) is 0 Å². The molecule has 0 bridgehead atoms. The number of sulfonamides is 1. The Morgan fingerprint density at radius 1 is 1.09 bits per heavy atom. The minimum Gasteiger partial charge on any atom is -0.481 e. The minimum absolute atomic E-state index is 0.0489. The summed E-state index contributed by atoms with van der Waals surface area (Å²) in [6.07, 6.45) is 0.437. The molecule has 9 nitrogen and oxygen atoms in total. The van der Waals surface area contributed by atoms with Crippen LogP contribution in [0.5, 0.6) is 5.75 Å². The van der Waals surface area contributed by atoms with Crippen molar-refractivity contribution >= 4 is 21.8 Å². The van der Waals surface area contributed by atoms with Gasteiger partial charge in [0.25, 0.3) is 11.8 Å². The molecule has 3 rings (SSSR count). The number of halogens is 1. The first-order valence-corrected chi connectivity index (χ1v) is 11.3. The first kappa shape index (κ1) is 24.0. The number of benzene rings is 2. The summed E-state index contributed by atoms with van der Waals surface area (Å²) in [5.74, 6) is -1.10. The number of hydrogen-bond acceptors (Lipinski definition) is 6. The van der Waals surface area contributed by atoms with Crippen molar-refractivity contribution < 1.29 is 31.6 Å². The van der Waals surface area contributed by atoms with E-state index < -0.39 is 33.8 Å². The van der Waals surface area contributed by atoms with Crippen LogP contribution in [-0.4, -0.2) is 26.3 Å². The monoisotopic (exact) mass is 475 g/mol. The number of amides is 2. The summed E-state index contributed by atoms with van der Waals surface area (Å²) in [5, 5.41) is 0. The molecule has 33 heavy (non-hydrogen) atoms. The van der Waals surface area contributed by atoms with Crippen LogP contribution in [0.15, 0.2) is 70.2 Å². The lowest BCUT2D eigenvalue weighted by molar-refractivity contribution is -0.128. The van der Waals surface area contributed by atoms with Crippen LogP contribution in [0.4, 0.5) is 4.39 Å². The van der Waals surface area contributed by atoms with Crippen LogP contribution in [-0.2, 0) is 21.4 Å². The van der Waals surface area contributed by atoms with E-state index in [0.717, 1.165) is 0 Å². The van der Waals surface area contributed by atoms with E-state index in [1.807, 2.05) is 0 Å². The van der Waals surface area contributed by atoms with Crippen LogP contribution >= 0.6 is 0 Å². The van der Waals surface area contributed by atoms with Crippen LogP contribution in [0.2, 0.25) is 0 Å². The average molecular weight is 475 g/mol. The zero-order valence-corrected chi connectivity index (χ0v) is 18.6. The third-order valence-electron chi connectivity index (χ3n) is 4.58. The minimum atomic E-state index is -3.92. The smallest absolute Gasteiger partial charge is 0.279 e. The maximum absolute atomic E-state index is 13.0. The van der Waals surface area contributed by atoms with E-state index in [2.05, 4.69) is 15.6 Å². The number of hydrogen-bond donors (Lipinski definition) is 3. The highest BCUT2D eigenvalue weighted by Crippen LogP contribution is 2.16. The number of nitrogens with one attached hydrogen (secondary N) is 3. The predicted octanol–water partition coefficient (Wildman–Crippen LogP) is 2.43. The molecule has 3 N–H and O–H groups in total. The largest absolute Gasteiger partial charge is 0.481 e. The van der Waals surface area contributed by atoms with E-state index in [1.54, 1.807) is 19.1 Å². The zero-order chi connectivity index (χ0) is 24.0. The van der Waals surface area contributed by atoms with Crippen molar-refractivity contribution in [1.29, 1.82) is 0 Å². The maximum Gasteiger partial charge on any atom is 0.279 e. The molecular formula is C22H22FN3O6S. The van der Waals surface area contributed by atoms with Gasteiger partial charge in [-0.3, -0.25) is 20.4 Å². The van der Waals surface area contributed by atoms with Crippen molar-refractivity contribution in [2.45, 2.75) is 31.4 Å². The first-order valence-electron chi connectivity index (χ1n) is 9.81. The molecular weight excluding hydrogens is 453 g/mol. The zero-order valence-electron chi connectivity index (χ0n) is 17.8. The van der Waals surface area contributed by atoms with Gasteiger partial charge in [0.15, 0.2) is 6.10 Å². The van der Waals surface area contributed by atoms with Gasteiger partial charge >= 0.3 is 0 Å². The van der Waals surface area contributed by atoms with Gasteiger partial charge in [0.1, 0.15) is 17.3 Å². The Balaban J connectivity index is 1.62. The predicted molar refractivity (Wildman–Crippen MR) is 116 cm³/mol. The van der Waals surface area contributed by atoms with Gasteiger partial charge in [0.2, 0.25) is 10.0 Å². The molecule has 3 aromatic rings. The molecule has 0 saturated carbocycles. The average Bonchev–Trinajstić information content (AvgIpc) is 3.31. The molecule has 1 unspecified atom stereocenters. The quantitative estimate of drug-likeness (QED) is 0.430. The van der Waals surface area contributed by atoms with E-state index in [0.29, 0.717) is 11.3 Å². The molecule has 0 saturated heterocycles. The summed E-state index contributed by atoms with van der Waals surface area (Å²) in [4.78, 5) is 24.7. The lowest BCUT2D eigenvalue weighted by atomic mass is 10.1. The molecule has 1 atom stereocenters. The highest BCUT2D eigenvalue weighted by atomic mass is 32.2. The third kappa shape index (κ3) is 6.40. The van der Waals surface area contributed by atoms with Crippen LogP contribution < -0.4 is 20.3 Å². The SMILES string of the molecule is Cc1ccc(S(=O)(=O)NCc2ccco2)cc1C(=O)NNC(=O)C(C)Oc1ccc(F)cc1. The summed E-state index contributed by atoms with van der Waals surface area (Å²) in [7, 11) is -3.92. The third-order valence-corrected chi connectivity index (χ3v) is 5.97. The van der Waals surface area contributed by atoms with Gasteiger partial charge in [-0.15, -0.1) is 0 Å². The van der Waals surface area contributed by atoms with Gasteiger partial charge in [0.05, 0.1) is 17.7 Å². The highest BCUT2D eigenvalue weighted by molar-refractivity contribution is 7.89. The fraction of sp³-hybridized carbons (Fsp3) is 0.182. The summed E-state index contributed by atoms with van der Waals surface area (Å²) in [5.41, 5.74) is 5.03. The molecule has 0 aliphatic carbocycles. The molecule has 2 amide bonds. The topological polar surface area (TPSA) is 127 Å². The number of aryl methyl sites for hydroxylation is 1. The standard InChI is InChI=1S/C22H22FN3O6S/c1-14-5-10-19(33(29,30)24-13-18-4-3-11-31-18)12-20(14)22(28)26-25-21(27)15(2)32-17-8-6-16(23)7-9-17/h3-12,15,24H,13H2,1-2H3,(H,25,27)(H,26,28). The van der Waals surface area contributed by atoms with Crippen LogP contribution in [0.25, 0.3) is 0 Å². The van der Waals surface area contributed by atoms with E-state index in [1.165, 1.54) is 55.7 Å². The Hall–Kier alpha value is -3.70. The van der Waals surface area contributed by atoms with E-state index in [-0.39, 0.29) is 22.8 Å². The van der Waals surface area contributed by atoms with Gasteiger partial charge in [0, 0.05) is 5.56 Å². The number of carbonyl (C=O) groups excluding carboxylic acids is 2. The molecule has 11 heteroatoms. The molecule has 1 aromatic heterocycles. The molecule has 0 aliphatic heterocycles. The molecule has 174 valence electrons. The Morgan fingerprint density at radius 2 is 1.82 bits per heavy atom. The number of rotatable bonds is 8. The van der Waals surface area contributed by atoms with Crippen molar-refractivity contribution in [2.24, 2.45) is 0 Å². The number of furan rings is 1. The van der Waals surface area contributed by atoms with E-state index in [4.69, 9.17) is 9.15 Å². The fourth-order valence-electron chi connectivity index (χ4n) is 2.73. The van der Waals surface area contributed by atoms with Gasteiger partial charge < -0.3 is 9.15 Å². The van der Waals surface area contributed by atoms with Gasteiger partial charge in [-0.25, -0.2) is 17.5 Å². The summed E-state index contributed by atoms with van der Waals surface area (Å²) < 4.78 is 51.0. The molecule has 0 fully saturated rings. The highest BCUT2D eigenvalue weighted by Gasteiger charge is 2.20. The Labute approximate surface area is 190 Å². The van der Waals surface area contributed by atoms with E-state index in [9.17, 15) is 22.4 Å². The van der Waals surface area contributed by atoms with Crippen molar-refractivity contribution in [1.82, 2.24) is 15.6 Å². The number of carbonyl (C=O) groups is 2. The van der Waals surface area contributed by atoms with Crippen LogP contribution in [0, 0.1) is 12.7 Å². The van der Waals surface area contributed by atoms with Crippen molar-refractivity contribution in [3.05, 3.63) is 83.6 Å². The second-order valence-corrected chi connectivity index (χ2v) is 8.80. The van der Waals surface area contributed by atoms with Gasteiger partial charge in [-0.05, 0) is 67.9 Å². The first-order chi connectivity index (χ1) is 15.7. The Bertz CT molecular complexity index is 1230. The van der Waals surface area contributed by atoms with Gasteiger partial charge in [-0.1, -0.05) is 6.07 Å².